The third-order valence-electron chi connectivity index (χ3n) is 2.70. The summed E-state index contributed by atoms with van der Waals surface area (Å²) in [7, 11) is 0. The molecule has 0 heterocycles. The first kappa shape index (κ1) is 12.6. The van der Waals surface area contributed by atoms with Crippen molar-refractivity contribution >= 4 is 0 Å². The summed E-state index contributed by atoms with van der Waals surface area (Å²) in [6.45, 7) is 16.5. The molecular weight excluding hydrogens is 156 g/mol. The maximum atomic E-state index is 3.97. The smallest absolute Gasteiger partial charge is 0.0200 e. The van der Waals surface area contributed by atoms with Gasteiger partial charge in [-0.05, 0) is 25.2 Å². The zero-order valence-corrected chi connectivity index (χ0v) is 9.43. The van der Waals surface area contributed by atoms with Crippen LogP contribution in [-0.2, 0) is 0 Å². The van der Waals surface area contributed by atoms with Crippen molar-refractivity contribution in [2.24, 2.45) is 23.7 Å². The van der Waals surface area contributed by atoms with Crippen LogP contribution in [0.3, 0.4) is 0 Å². The van der Waals surface area contributed by atoms with E-state index in [-0.39, 0.29) is 0 Å². The first-order chi connectivity index (χ1) is 5.99. The molecule has 0 N–H and O–H groups in total. The molecule has 0 heteroatoms. The van der Waals surface area contributed by atoms with Gasteiger partial charge in [-0.1, -0.05) is 46.5 Å². The van der Waals surface area contributed by atoms with Gasteiger partial charge in [0.15, 0.2) is 0 Å². The van der Waals surface area contributed by atoms with Gasteiger partial charge >= 0.3 is 0 Å². The minimum atomic E-state index is 0.402. The zero-order chi connectivity index (χ0) is 10.4. The quantitative estimate of drug-likeness (QED) is 0.579. The highest BCUT2D eigenvalue weighted by Gasteiger charge is 2.07. The van der Waals surface area contributed by atoms with Crippen LogP contribution in [0.25, 0.3) is 0 Å². The lowest BCUT2D eigenvalue weighted by atomic mass is 9.92. The van der Waals surface area contributed by atoms with Crippen LogP contribution in [0.1, 0.15) is 34.1 Å². The van der Waals surface area contributed by atoms with E-state index in [9.17, 15) is 0 Å². The maximum absolute atomic E-state index is 3.97. The number of hydrogen-bond acceptors (Lipinski definition) is 0. The average molecular weight is 178 g/mol. The summed E-state index contributed by atoms with van der Waals surface area (Å²) in [5, 5.41) is 0. The van der Waals surface area contributed by atoms with E-state index in [2.05, 4.69) is 53.4 Å². The molecule has 13 heavy (non-hydrogen) atoms. The van der Waals surface area contributed by atoms with E-state index in [1.165, 1.54) is 0 Å². The fraction of sp³-hybridized carbons (Fsp3) is 0.692. The second-order valence-electron chi connectivity index (χ2n) is 4.11. The lowest BCUT2D eigenvalue weighted by Crippen LogP contribution is -2.06. The van der Waals surface area contributed by atoms with E-state index >= 15 is 0 Å². The van der Waals surface area contributed by atoms with Gasteiger partial charge in [0.05, 0.1) is 0 Å². The Balaban J connectivity index is 4.08. The highest BCUT2D eigenvalue weighted by Crippen LogP contribution is 2.14. The van der Waals surface area contributed by atoms with E-state index in [0.29, 0.717) is 23.7 Å². The van der Waals surface area contributed by atoms with E-state index in [1.54, 1.807) is 0 Å². The average Bonchev–Trinajstić information content (AvgIpc) is 2.11. The Morgan fingerprint density at radius 1 is 1.00 bits per heavy atom. The molecule has 0 aliphatic carbocycles. The Bertz CT molecular complexity index is 180. The van der Waals surface area contributed by atoms with Gasteiger partial charge in [0, 0.05) is 11.8 Å². The minimum Gasteiger partial charge on any atom is -0.0996 e. The Labute approximate surface area is 84.1 Å². The molecule has 4 atom stereocenters. The van der Waals surface area contributed by atoms with E-state index in [1.807, 2.05) is 0 Å². The van der Waals surface area contributed by atoms with Crippen molar-refractivity contribution in [2.75, 3.05) is 0 Å². The minimum absolute atomic E-state index is 0.402. The normalized spacial score (nSPS) is 17.5. The van der Waals surface area contributed by atoms with E-state index in [4.69, 9.17) is 0 Å². The fourth-order valence-corrected chi connectivity index (χ4v) is 0.797. The summed E-state index contributed by atoms with van der Waals surface area (Å²) in [6.07, 6.45) is 0.962. The van der Waals surface area contributed by atoms with Crippen molar-refractivity contribution in [1.82, 2.24) is 0 Å². The summed E-state index contributed by atoms with van der Waals surface area (Å²) in [5.74, 6) is 8.41. The van der Waals surface area contributed by atoms with Gasteiger partial charge in [0.25, 0.3) is 0 Å². The van der Waals surface area contributed by atoms with Crippen LogP contribution in [0.15, 0.2) is 0 Å². The predicted molar refractivity (Wildman–Crippen MR) is 59.8 cm³/mol. The van der Waals surface area contributed by atoms with Gasteiger partial charge in [-0.3, -0.25) is 0 Å². The molecule has 0 nitrogen and oxygen atoms in total. The summed E-state index contributed by atoms with van der Waals surface area (Å²) >= 11 is 0. The van der Waals surface area contributed by atoms with Crippen molar-refractivity contribution in [2.45, 2.75) is 34.1 Å². The molecule has 0 fully saturated rings. The molecule has 2 radical (unpaired) electrons. The first-order valence-electron chi connectivity index (χ1n) is 5.12. The second-order valence-corrected chi connectivity index (χ2v) is 4.11. The molecule has 0 amide bonds. The molecule has 74 valence electrons. The molecule has 0 saturated carbocycles. The Kier molecular flexibility index (Phi) is 5.88. The topological polar surface area (TPSA) is 0 Å². The highest BCUT2D eigenvalue weighted by atomic mass is 14.1. The maximum Gasteiger partial charge on any atom is 0.0200 e. The standard InChI is InChI=1S/C13H22/c1-7-11(4)13(6)9-8-12(5)10(2)3/h10-13H,1-2,7H2,3-6H3. The largest absolute Gasteiger partial charge is 0.0996 e. The third kappa shape index (κ3) is 4.98. The summed E-state index contributed by atoms with van der Waals surface area (Å²) in [6, 6.07) is 0. The first-order valence-corrected chi connectivity index (χ1v) is 5.12. The van der Waals surface area contributed by atoms with Crippen LogP contribution in [-0.4, -0.2) is 0 Å². The molecule has 0 aliphatic rings. The van der Waals surface area contributed by atoms with Crippen LogP contribution in [0.2, 0.25) is 0 Å². The molecule has 0 aromatic heterocycles. The predicted octanol–water partition coefficient (Wildman–Crippen LogP) is 3.59. The Morgan fingerprint density at radius 2 is 1.46 bits per heavy atom. The van der Waals surface area contributed by atoms with Crippen molar-refractivity contribution < 1.29 is 0 Å². The number of rotatable bonds is 3. The van der Waals surface area contributed by atoms with Gasteiger partial charge in [-0.2, -0.15) is 0 Å². The molecule has 0 saturated heterocycles. The van der Waals surface area contributed by atoms with Crippen molar-refractivity contribution in [1.29, 1.82) is 0 Å². The van der Waals surface area contributed by atoms with Crippen LogP contribution in [0, 0.1) is 49.4 Å². The van der Waals surface area contributed by atoms with Crippen molar-refractivity contribution in [3.8, 4) is 11.8 Å². The molecule has 4 unspecified atom stereocenters. The van der Waals surface area contributed by atoms with Gasteiger partial charge in [0.2, 0.25) is 0 Å². The second kappa shape index (κ2) is 6.08. The van der Waals surface area contributed by atoms with Gasteiger partial charge < -0.3 is 0 Å². The number of hydrogen-bond donors (Lipinski definition) is 0. The molecule has 0 aromatic carbocycles. The van der Waals surface area contributed by atoms with Gasteiger partial charge in [-0.15, -0.1) is 0 Å². The van der Waals surface area contributed by atoms with Crippen LogP contribution < -0.4 is 0 Å². The highest BCUT2D eigenvalue weighted by molar-refractivity contribution is 5.07. The van der Waals surface area contributed by atoms with Crippen LogP contribution in [0.5, 0.6) is 0 Å². The SMILES string of the molecule is [CH2]CC(C)C(C)C#CC(C)C([CH2])C. The van der Waals surface area contributed by atoms with E-state index in [0.717, 1.165) is 6.42 Å². The van der Waals surface area contributed by atoms with Gasteiger partial charge in [0.1, 0.15) is 0 Å². The molecule has 0 bridgehead atoms. The molecule has 0 rings (SSSR count). The van der Waals surface area contributed by atoms with Crippen molar-refractivity contribution in [3.63, 3.8) is 0 Å². The summed E-state index contributed by atoms with van der Waals surface area (Å²) in [4.78, 5) is 0. The lowest BCUT2D eigenvalue weighted by Gasteiger charge is -2.12. The zero-order valence-electron chi connectivity index (χ0n) is 9.43. The molecule has 0 spiro atoms. The van der Waals surface area contributed by atoms with Crippen LogP contribution >= 0.6 is 0 Å². The fourth-order valence-electron chi connectivity index (χ4n) is 0.797. The third-order valence-corrected chi connectivity index (χ3v) is 2.70. The molecular formula is C13H22. The lowest BCUT2D eigenvalue weighted by molar-refractivity contribution is 0.475. The molecule has 0 aliphatic heterocycles. The van der Waals surface area contributed by atoms with E-state index < -0.39 is 0 Å². The van der Waals surface area contributed by atoms with Crippen LogP contribution in [0.4, 0.5) is 0 Å². The summed E-state index contributed by atoms with van der Waals surface area (Å²) in [5.41, 5.74) is 0. The summed E-state index contributed by atoms with van der Waals surface area (Å²) < 4.78 is 0. The van der Waals surface area contributed by atoms with Crippen molar-refractivity contribution in [3.05, 3.63) is 13.8 Å². The van der Waals surface area contributed by atoms with Gasteiger partial charge in [-0.25, -0.2) is 0 Å². The monoisotopic (exact) mass is 178 g/mol. The Hall–Kier alpha value is -0.440. The molecule has 0 aromatic rings. The Morgan fingerprint density at radius 3 is 1.85 bits per heavy atom.